The predicted molar refractivity (Wildman–Crippen MR) is 71.9 cm³/mol. The molecule has 18 heavy (non-hydrogen) atoms. The summed E-state index contributed by atoms with van der Waals surface area (Å²) in [5.41, 5.74) is 3.25. The lowest BCUT2D eigenvalue weighted by Crippen LogP contribution is -1.96. The van der Waals surface area contributed by atoms with E-state index in [4.69, 9.17) is 21.4 Å². The number of aliphatic hydroxyl groups is 1. The van der Waals surface area contributed by atoms with E-state index in [-0.39, 0.29) is 6.61 Å². The number of halogens is 1. The zero-order valence-corrected chi connectivity index (χ0v) is 11.0. The fourth-order valence-electron chi connectivity index (χ4n) is 1.79. The molecule has 2 rings (SSSR count). The van der Waals surface area contributed by atoms with Crippen molar-refractivity contribution in [2.24, 2.45) is 0 Å². The van der Waals surface area contributed by atoms with Crippen molar-refractivity contribution in [3.8, 4) is 17.0 Å². The van der Waals surface area contributed by atoms with Crippen LogP contribution in [0, 0.1) is 6.92 Å². The lowest BCUT2D eigenvalue weighted by molar-refractivity contribution is 0.280. The summed E-state index contributed by atoms with van der Waals surface area (Å²) in [6.07, 6.45) is 0. The number of nitrogens with zero attached hydrogens (tertiary/aromatic N) is 1. The van der Waals surface area contributed by atoms with Gasteiger partial charge in [0.15, 0.2) is 0 Å². The van der Waals surface area contributed by atoms with Gasteiger partial charge >= 0.3 is 0 Å². The molecule has 1 N–H and O–H groups in total. The Labute approximate surface area is 111 Å². The zero-order chi connectivity index (χ0) is 13.1. The maximum atomic E-state index is 9.14. The minimum Gasteiger partial charge on any atom is -0.496 e. The summed E-state index contributed by atoms with van der Waals surface area (Å²) in [7, 11) is 1.61. The number of methoxy groups -OCH3 is 1. The lowest BCUT2D eigenvalue weighted by atomic mass is 10.1. The molecule has 0 aliphatic rings. The third-order valence-corrected chi connectivity index (χ3v) is 3.04. The lowest BCUT2D eigenvalue weighted by Gasteiger charge is -2.10. The maximum absolute atomic E-state index is 9.14. The monoisotopic (exact) mass is 263 g/mol. The van der Waals surface area contributed by atoms with Crippen molar-refractivity contribution in [3.63, 3.8) is 0 Å². The number of aryl methyl sites for hydroxylation is 1. The van der Waals surface area contributed by atoms with E-state index in [0.717, 1.165) is 28.3 Å². The summed E-state index contributed by atoms with van der Waals surface area (Å²) in [6.45, 7) is 1.86. The molecule has 0 fully saturated rings. The molecule has 0 bridgehead atoms. The van der Waals surface area contributed by atoms with Gasteiger partial charge in [-0.25, -0.2) is 0 Å². The smallest absolute Gasteiger partial charge is 0.128 e. The molecule has 0 atom stereocenters. The standard InChI is InChI=1S/C14H14ClNO2/c1-9-10(8-17)3-5-13(16-9)12-7-11(15)4-6-14(12)18-2/h3-7,17H,8H2,1-2H3. The van der Waals surface area contributed by atoms with E-state index in [0.29, 0.717) is 5.02 Å². The molecule has 0 amide bonds. The second kappa shape index (κ2) is 5.38. The van der Waals surface area contributed by atoms with Crippen LogP contribution in [0.15, 0.2) is 30.3 Å². The molecular formula is C14H14ClNO2. The first-order chi connectivity index (χ1) is 8.65. The molecule has 0 unspecified atom stereocenters. The quantitative estimate of drug-likeness (QED) is 0.925. The number of hydrogen-bond acceptors (Lipinski definition) is 3. The highest BCUT2D eigenvalue weighted by atomic mass is 35.5. The molecule has 0 saturated carbocycles. The van der Waals surface area contributed by atoms with Gasteiger partial charge in [-0.05, 0) is 36.8 Å². The van der Waals surface area contributed by atoms with Crippen molar-refractivity contribution in [2.75, 3.05) is 7.11 Å². The van der Waals surface area contributed by atoms with Crippen LogP contribution in [0.3, 0.4) is 0 Å². The normalized spacial score (nSPS) is 10.4. The highest BCUT2D eigenvalue weighted by Crippen LogP contribution is 2.31. The van der Waals surface area contributed by atoms with E-state index in [1.165, 1.54) is 0 Å². The Morgan fingerprint density at radius 2 is 2.06 bits per heavy atom. The number of benzene rings is 1. The van der Waals surface area contributed by atoms with Crippen LogP contribution in [0.25, 0.3) is 11.3 Å². The molecule has 1 heterocycles. The molecule has 3 nitrogen and oxygen atoms in total. The van der Waals surface area contributed by atoms with E-state index >= 15 is 0 Å². The number of aliphatic hydroxyl groups excluding tert-OH is 1. The summed E-state index contributed by atoms with van der Waals surface area (Å²) in [5.74, 6) is 0.725. The Morgan fingerprint density at radius 3 is 2.67 bits per heavy atom. The minimum absolute atomic E-state index is 0.00814. The van der Waals surface area contributed by atoms with Gasteiger partial charge in [-0.2, -0.15) is 0 Å². The number of ether oxygens (including phenoxy) is 1. The van der Waals surface area contributed by atoms with E-state index in [9.17, 15) is 0 Å². The second-order valence-corrected chi connectivity index (χ2v) is 4.38. The molecule has 0 spiro atoms. The molecular weight excluding hydrogens is 250 g/mol. The predicted octanol–water partition coefficient (Wildman–Crippen LogP) is 3.21. The third-order valence-electron chi connectivity index (χ3n) is 2.80. The van der Waals surface area contributed by atoms with Crippen LogP contribution in [0.5, 0.6) is 5.75 Å². The first-order valence-corrected chi connectivity index (χ1v) is 5.95. The first kappa shape index (κ1) is 12.9. The van der Waals surface area contributed by atoms with Crippen molar-refractivity contribution >= 4 is 11.6 Å². The summed E-state index contributed by atoms with van der Waals surface area (Å²) >= 11 is 6.00. The van der Waals surface area contributed by atoms with E-state index in [1.54, 1.807) is 13.2 Å². The van der Waals surface area contributed by atoms with Gasteiger partial charge in [0.2, 0.25) is 0 Å². The maximum Gasteiger partial charge on any atom is 0.128 e. The van der Waals surface area contributed by atoms with Gasteiger partial charge in [0.25, 0.3) is 0 Å². The van der Waals surface area contributed by atoms with Crippen molar-refractivity contribution < 1.29 is 9.84 Å². The molecule has 4 heteroatoms. The Morgan fingerprint density at radius 1 is 1.28 bits per heavy atom. The van der Waals surface area contributed by atoms with Gasteiger partial charge in [-0.3, -0.25) is 4.98 Å². The molecule has 1 aromatic carbocycles. The number of pyridine rings is 1. The topological polar surface area (TPSA) is 42.4 Å². The van der Waals surface area contributed by atoms with Crippen LogP contribution in [-0.2, 0) is 6.61 Å². The van der Waals surface area contributed by atoms with Crippen LogP contribution < -0.4 is 4.74 Å². The molecule has 2 aromatic rings. The Bertz CT molecular complexity index is 570. The zero-order valence-electron chi connectivity index (χ0n) is 10.3. The third kappa shape index (κ3) is 2.47. The van der Waals surface area contributed by atoms with E-state index < -0.39 is 0 Å². The SMILES string of the molecule is COc1ccc(Cl)cc1-c1ccc(CO)c(C)n1. The largest absolute Gasteiger partial charge is 0.496 e. The van der Waals surface area contributed by atoms with Crippen LogP contribution in [-0.4, -0.2) is 17.2 Å². The van der Waals surface area contributed by atoms with Crippen molar-refractivity contribution in [3.05, 3.63) is 46.6 Å². The van der Waals surface area contributed by atoms with E-state index in [2.05, 4.69) is 4.98 Å². The van der Waals surface area contributed by atoms with Crippen LogP contribution in [0.4, 0.5) is 0 Å². The van der Waals surface area contributed by atoms with Gasteiger partial charge in [0.05, 0.1) is 19.4 Å². The Balaban J connectivity index is 2.54. The van der Waals surface area contributed by atoms with Gasteiger partial charge in [0.1, 0.15) is 5.75 Å². The van der Waals surface area contributed by atoms with Crippen molar-refractivity contribution in [1.82, 2.24) is 4.98 Å². The van der Waals surface area contributed by atoms with Crippen LogP contribution >= 0.6 is 11.6 Å². The minimum atomic E-state index is -0.00814. The average Bonchev–Trinajstić information content (AvgIpc) is 2.38. The highest BCUT2D eigenvalue weighted by molar-refractivity contribution is 6.30. The Kier molecular flexibility index (Phi) is 3.84. The Hall–Kier alpha value is -1.58. The fraction of sp³-hybridized carbons (Fsp3) is 0.214. The van der Waals surface area contributed by atoms with Crippen molar-refractivity contribution in [2.45, 2.75) is 13.5 Å². The summed E-state index contributed by atoms with van der Waals surface area (Å²) in [4.78, 5) is 4.47. The summed E-state index contributed by atoms with van der Waals surface area (Å²) in [5, 5.41) is 9.77. The molecule has 0 aliphatic carbocycles. The number of aromatic nitrogens is 1. The van der Waals surface area contributed by atoms with Crippen LogP contribution in [0.2, 0.25) is 5.02 Å². The first-order valence-electron chi connectivity index (χ1n) is 5.57. The number of rotatable bonds is 3. The highest BCUT2D eigenvalue weighted by Gasteiger charge is 2.09. The van der Waals surface area contributed by atoms with Gasteiger partial charge < -0.3 is 9.84 Å². The number of hydrogen-bond donors (Lipinski definition) is 1. The van der Waals surface area contributed by atoms with Gasteiger partial charge in [0, 0.05) is 16.3 Å². The average molecular weight is 264 g/mol. The summed E-state index contributed by atoms with van der Waals surface area (Å²) in [6, 6.07) is 9.12. The molecule has 1 aromatic heterocycles. The fourth-order valence-corrected chi connectivity index (χ4v) is 1.96. The molecule has 94 valence electrons. The van der Waals surface area contributed by atoms with E-state index in [1.807, 2.05) is 31.2 Å². The molecule has 0 saturated heterocycles. The molecule has 0 radical (unpaired) electrons. The summed E-state index contributed by atoms with van der Waals surface area (Å²) < 4.78 is 5.30. The second-order valence-electron chi connectivity index (χ2n) is 3.94. The van der Waals surface area contributed by atoms with Crippen LogP contribution in [0.1, 0.15) is 11.3 Å². The van der Waals surface area contributed by atoms with Gasteiger partial charge in [-0.1, -0.05) is 17.7 Å². The van der Waals surface area contributed by atoms with Gasteiger partial charge in [-0.15, -0.1) is 0 Å². The molecule has 0 aliphatic heterocycles. The van der Waals surface area contributed by atoms with Crippen molar-refractivity contribution in [1.29, 1.82) is 0 Å².